The van der Waals surface area contributed by atoms with Gasteiger partial charge in [0, 0.05) is 18.9 Å². The maximum Gasteiger partial charge on any atom is 0.309 e. The number of nitrogens with one attached hydrogen (secondary N) is 1. The molecule has 0 saturated heterocycles. The monoisotopic (exact) mass is 534 g/mol. The van der Waals surface area contributed by atoms with Crippen LogP contribution in [0.2, 0.25) is 0 Å². The second-order valence-electron chi connectivity index (χ2n) is 12.0. The van der Waals surface area contributed by atoms with E-state index in [0.29, 0.717) is 18.0 Å². The van der Waals surface area contributed by atoms with E-state index in [0.717, 1.165) is 12.0 Å². The topological polar surface area (TPSA) is 131 Å². The standard InChI is InChI=1S/C30H50N2O6/c1-18-12-11-13-29(6,7)20(3)15-24(19(2)14-23(31)17-37-22(5)32-10)38-26(34)16-25(33)30(8,9)28(36)21(4)27(18)35/h11-12,14,17-18,20-21,24-25,27,32-33,35H,5,13,15-16,31H2,1-4,6-10H3/b12-11+,19-14+,23-17-/t18-,20?,21+,24-,25-,27-/m0/s1. The summed E-state index contributed by atoms with van der Waals surface area (Å²) in [7, 11) is 1.68. The van der Waals surface area contributed by atoms with Gasteiger partial charge >= 0.3 is 5.97 Å². The number of Topliss-reactive ketones (excluding diaryl/α,β-unsaturated/α-hetero) is 1. The van der Waals surface area contributed by atoms with Crippen molar-refractivity contribution in [3.63, 3.8) is 0 Å². The zero-order valence-corrected chi connectivity index (χ0v) is 24.7. The number of nitrogens with two attached hydrogens (primary N) is 1. The number of ketones is 1. The molecule has 0 amide bonds. The van der Waals surface area contributed by atoms with Crippen LogP contribution in [0.3, 0.4) is 0 Å². The van der Waals surface area contributed by atoms with Crippen LogP contribution in [0.25, 0.3) is 0 Å². The summed E-state index contributed by atoms with van der Waals surface area (Å²) in [5.74, 6) is -1.42. The van der Waals surface area contributed by atoms with Gasteiger partial charge in [0.25, 0.3) is 0 Å². The third-order valence-corrected chi connectivity index (χ3v) is 8.07. The Morgan fingerprint density at radius 2 is 1.82 bits per heavy atom. The van der Waals surface area contributed by atoms with Crippen molar-refractivity contribution in [3.8, 4) is 0 Å². The van der Waals surface area contributed by atoms with Gasteiger partial charge in [0.15, 0.2) is 5.88 Å². The quantitative estimate of drug-likeness (QED) is 0.177. The minimum Gasteiger partial charge on any atom is -0.458 e. The summed E-state index contributed by atoms with van der Waals surface area (Å²) in [6.45, 7) is 18.7. The Bertz CT molecular complexity index is 933. The van der Waals surface area contributed by atoms with Gasteiger partial charge in [-0.05, 0) is 49.3 Å². The number of rotatable bonds is 5. The molecule has 1 rings (SSSR count). The van der Waals surface area contributed by atoms with E-state index < -0.39 is 35.6 Å². The number of aliphatic hydroxyl groups excluding tert-OH is 2. The highest BCUT2D eigenvalue weighted by atomic mass is 16.5. The first kappa shape index (κ1) is 33.4. The zero-order chi connectivity index (χ0) is 29.4. The van der Waals surface area contributed by atoms with E-state index in [1.165, 1.54) is 6.26 Å². The van der Waals surface area contributed by atoms with Gasteiger partial charge < -0.3 is 30.7 Å². The van der Waals surface area contributed by atoms with Crippen LogP contribution >= 0.6 is 0 Å². The minimum atomic E-state index is -1.28. The fraction of sp³-hybridized carbons (Fsp3) is 0.667. The van der Waals surface area contributed by atoms with E-state index in [-0.39, 0.29) is 29.5 Å². The highest BCUT2D eigenvalue weighted by Gasteiger charge is 2.42. The van der Waals surface area contributed by atoms with E-state index in [4.69, 9.17) is 15.2 Å². The maximum absolute atomic E-state index is 13.3. The molecule has 0 aliphatic carbocycles. The lowest BCUT2D eigenvalue weighted by molar-refractivity contribution is -0.155. The summed E-state index contributed by atoms with van der Waals surface area (Å²) in [6, 6.07) is 0. The second kappa shape index (κ2) is 14.0. The first-order valence-corrected chi connectivity index (χ1v) is 13.4. The lowest BCUT2D eigenvalue weighted by Crippen LogP contribution is -2.45. The molecule has 0 bridgehead atoms. The van der Waals surface area contributed by atoms with Crippen LogP contribution in [-0.4, -0.2) is 47.3 Å². The Morgan fingerprint density at radius 1 is 1.21 bits per heavy atom. The fourth-order valence-electron chi connectivity index (χ4n) is 4.44. The first-order chi connectivity index (χ1) is 17.4. The van der Waals surface area contributed by atoms with Crippen LogP contribution < -0.4 is 11.1 Å². The van der Waals surface area contributed by atoms with Gasteiger partial charge in [0.2, 0.25) is 0 Å². The number of cyclic esters (lactones) is 1. The molecule has 0 aromatic carbocycles. The predicted octanol–water partition coefficient (Wildman–Crippen LogP) is 4.34. The Morgan fingerprint density at radius 3 is 2.39 bits per heavy atom. The van der Waals surface area contributed by atoms with Gasteiger partial charge in [-0.25, -0.2) is 0 Å². The summed E-state index contributed by atoms with van der Waals surface area (Å²) >= 11 is 0. The third-order valence-electron chi connectivity index (χ3n) is 8.07. The van der Waals surface area contributed by atoms with Gasteiger partial charge in [0.1, 0.15) is 18.1 Å². The van der Waals surface area contributed by atoms with E-state index in [1.807, 2.05) is 26.0 Å². The second-order valence-corrected chi connectivity index (χ2v) is 12.0. The average Bonchev–Trinajstić information content (AvgIpc) is 2.84. The van der Waals surface area contributed by atoms with Gasteiger partial charge in [-0.15, -0.1) is 0 Å². The predicted molar refractivity (Wildman–Crippen MR) is 150 cm³/mol. The van der Waals surface area contributed by atoms with Crippen molar-refractivity contribution >= 4 is 11.8 Å². The maximum atomic E-state index is 13.3. The number of aliphatic hydroxyl groups is 2. The molecule has 0 spiro atoms. The molecule has 38 heavy (non-hydrogen) atoms. The molecule has 216 valence electrons. The number of hydrogen-bond acceptors (Lipinski definition) is 8. The molecule has 0 saturated carbocycles. The van der Waals surface area contributed by atoms with Crippen molar-refractivity contribution in [2.75, 3.05) is 7.05 Å². The largest absolute Gasteiger partial charge is 0.458 e. The van der Waals surface area contributed by atoms with Crippen LogP contribution in [0.5, 0.6) is 0 Å². The van der Waals surface area contributed by atoms with E-state index >= 15 is 0 Å². The lowest BCUT2D eigenvalue weighted by Gasteiger charge is -2.36. The molecule has 8 heteroatoms. The SMILES string of the molecule is C=C(NC)O/C=C(N)/C=C(\C)[C@@H]1CC(C)C(C)(C)C/C=C/[C@H](C)[C@H](O)[C@@H](C)C(=O)C(C)(C)[C@@H](O)CC(=O)O1. The lowest BCUT2D eigenvalue weighted by atomic mass is 9.72. The normalized spacial score (nSPS) is 32.7. The van der Waals surface area contributed by atoms with Crippen molar-refractivity contribution in [2.24, 2.45) is 34.3 Å². The molecule has 8 nitrogen and oxygen atoms in total. The van der Waals surface area contributed by atoms with Crippen molar-refractivity contribution in [1.82, 2.24) is 5.32 Å². The summed E-state index contributed by atoms with van der Waals surface area (Å²) in [4.78, 5) is 26.3. The van der Waals surface area contributed by atoms with Crippen LogP contribution in [0.15, 0.2) is 48.2 Å². The Labute approximate surface area is 229 Å². The Balaban J connectivity index is 3.41. The number of esters is 1. The molecular formula is C30H50N2O6. The van der Waals surface area contributed by atoms with Gasteiger partial charge in [0.05, 0.1) is 29.7 Å². The van der Waals surface area contributed by atoms with E-state index in [2.05, 4.69) is 32.7 Å². The molecule has 1 unspecified atom stereocenters. The molecule has 6 atom stereocenters. The molecule has 1 aliphatic heterocycles. The van der Waals surface area contributed by atoms with Crippen LogP contribution in [0.1, 0.15) is 74.7 Å². The Kier molecular flexibility index (Phi) is 12.3. The smallest absolute Gasteiger partial charge is 0.309 e. The summed E-state index contributed by atoms with van der Waals surface area (Å²) in [6.07, 6.45) is 5.17. The number of carbonyl (C=O) groups is 2. The third kappa shape index (κ3) is 9.31. The van der Waals surface area contributed by atoms with Crippen LogP contribution in [-0.2, 0) is 19.1 Å². The summed E-state index contributed by atoms with van der Waals surface area (Å²) in [5, 5.41) is 24.5. The fourth-order valence-corrected chi connectivity index (χ4v) is 4.44. The van der Waals surface area contributed by atoms with Gasteiger partial charge in [-0.3, -0.25) is 9.59 Å². The first-order valence-electron chi connectivity index (χ1n) is 13.4. The van der Waals surface area contributed by atoms with Crippen molar-refractivity contribution in [1.29, 1.82) is 0 Å². The van der Waals surface area contributed by atoms with Crippen molar-refractivity contribution in [2.45, 2.75) is 93.0 Å². The summed E-state index contributed by atoms with van der Waals surface area (Å²) in [5.41, 5.74) is 5.74. The highest BCUT2D eigenvalue weighted by molar-refractivity contribution is 5.88. The number of allylic oxidation sites excluding steroid dienone is 2. The van der Waals surface area contributed by atoms with Crippen molar-refractivity contribution in [3.05, 3.63) is 48.2 Å². The molecule has 0 aromatic rings. The van der Waals surface area contributed by atoms with E-state index in [1.54, 1.807) is 33.9 Å². The summed E-state index contributed by atoms with van der Waals surface area (Å²) < 4.78 is 11.2. The van der Waals surface area contributed by atoms with Crippen LogP contribution in [0, 0.1) is 28.6 Å². The van der Waals surface area contributed by atoms with Gasteiger partial charge in [-0.2, -0.15) is 0 Å². The van der Waals surface area contributed by atoms with Crippen molar-refractivity contribution < 1.29 is 29.3 Å². The zero-order valence-electron chi connectivity index (χ0n) is 24.7. The molecule has 0 aromatic heterocycles. The molecule has 1 heterocycles. The van der Waals surface area contributed by atoms with Crippen LogP contribution in [0.4, 0.5) is 0 Å². The molecular weight excluding hydrogens is 484 g/mol. The number of hydrogen-bond donors (Lipinski definition) is 4. The molecule has 1 aliphatic rings. The number of carbonyl (C=O) groups excluding carboxylic acids is 2. The van der Waals surface area contributed by atoms with Gasteiger partial charge in [-0.1, -0.05) is 60.6 Å². The molecule has 0 fully saturated rings. The van der Waals surface area contributed by atoms with E-state index in [9.17, 15) is 19.8 Å². The number of ether oxygens (including phenoxy) is 2. The Hall–Kier alpha value is -2.58. The highest BCUT2D eigenvalue weighted by Crippen LogP contribution is 2.37. The average molecular weight is 535 g/mol. The minimum absolute atomic E-state index is 0.133. The molecule has 0 radical (unpaired) electrons. The molecule has 5 N–H and O–H groups in total.